The molecule has 27 heavy (non-hydrogen) atoms. The number of hydrogen-bond acceptors (Lipinski definition) is 2. The Labute approximate surface area is 163 Å². The second kappa shape index (κ2) is 8.70. The highest BCUT2D eigenvalue weighted by Gasteiger charge is 2.22. The molecule has 0 spiro atoms. The van der Waals surface area contributed by atoms with Crippen molar-refractivity contribution in [2.45, 2.75) is 52.0 Å². The summed E-state index contributed by atoms with van der Waals surface area (Å²) < 4.78 is 14.6. The van der Waals surface area contributed by atoms with E-state index in [2.05, 4.69) is 5.32 Å². The van der Waals surface area contributed by atoms with Gasteiger partial charge in [-0.15, -0.1) is 0 Å². The molecule has 1 fully saturated rings. The molecule has 1 aliphatic rings. The summed E-state index contributed by atoms with van der Waals surface area (Å²) in [5.41, 5.74) is 1.29. The van der Waals surface area contributed by atoms with Crippen molar-refractivity contribution < 1.29 is 9.18 Å². The molecule has 1 heterocycles. The number of halogens is 2. The molecule has 6 heteroatoms. The molecule has 1 N–H and O–H groups in total. The SMILES string of the molecule is Cc1c(Cl)cc(NC(=O)C2CCCCCC2)c(=O)n1Cc1ccc(F)cc1. The molecule has 3 rings (SSSR count). The van der Waals surface area contributed by atoms with E-state index in [-0.39, 0.29) is 35.4 Å². The zero-order valence-electron chi connectivity index (χ0n) is 15.4. The average molecular weight is 391 g/mol. The van der Waals surface area contributed by atoms with E-state index in [4.69, 9.17) is 11.6 Å². The van der Waals surface area contributed by atoms with Crippen LogP contribution in [-0.4, -0.2) is 10.5 Å². The molecule has 4 nitrogen and oxygen atoms in total. The fraction of sp³-hybridized carbons (Fsp3) is 0.429. The van der Waals surface area contributed by atoms with Crippen LogP contribution in [0.5, 0.6) is 0 Å². The normalized spacial score (nSPS) is 15.4. The summed E-state index contributed by atoms with van der Waals surface area (Å²) in [6, 6.07) is 7.50. The number of carbonyl (C=O) groups is 1. The minimum atomic E-state index is -0.328. The third kappa shape index (κ3) is 4.78. The number of rotatable bonds is 4. The van der Waals surface area contributed by atoms with E-state index in [9.17, 15) is 14.0 Å². The van der Waals surface area contributed by atoms with Gasteiger partial charge in [-0.25, -0.2) is 4.39 Å². The lowest BCUT2D eigenvalue weighted by Gasteiger charge is -2.17. The van der Waals surface area contributed by atoms with Gasteiger partial charge in [0.15, 0.2) is 0 Å². The molecule has 1 amide bonds. The largest absolute Gasteiger partial charge is 0.321 e. The van der Waals surface area contributed by atoms with Crippen LogP contribution >= 0.6 is 11.6 Å². The van der Waals surface area contributed by atoms with E-state index in [1.165, 1.54) is 22.8 Å². The standard InChI is InChI=1S/C21H24ClFN2O2/c1-14-18(22)12-19(24-20(26)16-6-4-2-3-5-7-16)21(27)25(14)13-15-8-10-17(23)11-9-15/h8-12,16H,2-7,13H2,1H3,(H,24,26). The Bertz CT molecular complexity index is 869. The maximum atomic E-state index is 13.1. The Balaban J connectivity index is 1.85. The van der Waals surface area contributed by atoms with E-state index in [0.717, 1.165) is 44.1 Å². The fourth-order valence-electron chi connectivity index (χ4n) is 3.55. The van der Waals surface area contributed by atoms with Gasteiger partial charge in [-0.2, -0.15) is 0 Å². The van der Waals surface area contributed by atoms with E-state index >= 15 is 0 Å². The highest BCUT2D eigenvalue weighted by molar-refractivity contribution is 6.31. The van der Waals surface area contributed by atoms with Crippen LogP contribution in [0.4, 0.5) is 10.1 Å². The number of aromatic nitrogens is 1. The summed E-state index contributed by atoms with van der Waals surface area (Å²) in [5.74, 6) is -0.495. The Morgan fingerprint density at radius 2 is 1.81 bits per heavy atom. The molecule has 0 radical (unpaired) electrons. The first kappa shape index (κ1) is 19.6. The van der Waals surface area contributed by atoms with Gasteiger partial charge in [0.05, 0.1) is 11.6 Å². The number of amides is 1. The average Bonchev–Trinajstić information content (AvgIpc) is 2.94. The van der Waals surface area contributed by atoms with Crippen LogP contribution in [0.3, 0.4) is 0 Å². The van der Waals surface area contributed by atoms with Gasteiger partial charge in [-0.1, -0.05) is 49.4 Å². The molecule has 0 bridgehead atoms. The molecule has 0 aliphatic heterocycles. The molecule has 0 atom stereocenters. The monoisotopic (exact) mass is 390 g/mol. The third-order valence-electron chi connectivity index (χ3n) is 5.23. The summed E-state index contributed by atoms with van der Waals surface area (Å²) in [6.07, 6.45) is 6.11. The molecule has 0 saturated heterocycles. The summed E-state index contributed by atoms with van der Waals surface area (Å²) in [7, 11) is 0. The number of hydrogen-bond donors (Lipinski definition) is 1. The van der Waals surface area contributed by atoms with E-state index in [1.807, 2.05) is 0 Å². The minimum absolute atomic E-state index is 0.0578. The Kier molecular flexibility index (Phi) is 6.32. The van der Waals surface area contributed by atoms with Gasteiger partial charge in [0, 0.05) is 11.6 Å². The van der Waals surface area contributed by atoms with Crippen molar-refractivity contribution in [2.24, 2.45) is 5.92 Å². The van der Waals surface area contributed by atoms with Crippen molar-refractivity contribution in [1.82, 2.24) is 4.57 Å². The van der Waals surface area contributed by atoms with E-state index in [0.29, 0.717) is 10.7 Å². The zero-order chi connectivity index (χ0) is 19.4. The number of carbonyl (C=O) groups excluding carboxylic acids is 1. The predicted octanol–water partition coefficient (Wildman–Crippen LogP) is 4.91. The van der Waals surface area contributed by atoms with Gasteiger partial charge in [-0.05, 0) is 43.5 Å². The van der Waals surface area contributed by atoms with Crippen LogP contribution in [0.2, 0.25) is 5.02 Å². The van der Waals surface area contributed by atoms with Gasteiger partial charge in [0.25, 0.3) is 5.56 Å². The Hall–Kier alpha value is -2.14. The van der Waals surface area contributed by atoms with Crippen molar-refractivity contribution in [3.63, 3.8) is 0 Å². The van der Waals surface area contributed by atoms with Crippen molar-refractivity contribution in [3.05, 3.63) is 62.8 Å². The number of benzene rings is 1. The number of pyridine rings is 1. The Morgan fingerprint density at radius 3 is 2.44 bits per heavy atom. The molecular formula is C21H24ClFN2O2. The van der Waals surface area contributed by atoms with Crippen LogP contribution in [0.15, 0.2) is 35.1 Å². The van der Waals surface area contributed by atoms with Gasteiger partial charge in [-0.3, -0.25) is 9.59 Å². The smallest absolute Gasteiger partial charge is 0.274 e. The first-order chi connectivity index (χ1) is 13.0. The lowest BCUT2D eigenvalue weighted by atomic mass is 9.99. The molecule has 144 valence electrons. The Morgan fingerprint density at radius 1 is 1.19 bits per heavy atom. The van der Waals surface area contributed by atoms with E-state index in [1.54, 1.807) is 19.1 Å². The lowest BCUT2D eigenvalue weighted by Crippen LogP contribution is -2.30. The van der Waals surface area contributed by atoms with Crippen molar-refractivity contribution in [2.75, 3.05) is 5.32 Å². The number of nitrogens with one attached hydrogen (secondary N) is 1. The molecule has 1 saturated carbocycles. The summed E-state index contributed by atoms with van der Waals surface area (Å²) in [4.78, 5) is 25.5. The fourth-order valence-corrected chi connectivity index (χ4v) is 3.76. The maximum Gasteiger partial charge on any atom is 0.274 e. The van der Waals surface area contributed by atoms with Crippen LogP contribution < -0.4 is 10.9 Å². The molecule has 0 unspecified atom stereocenters. The van der Waals surface area contributed by atoms with Gasteiger partial charge >= 0.3 is 0 Å². The third-order valence-corrected chi connectivity index (χ3v) is 5.62. The highest BCUT2D eigenvalue weighted by Crippen LogP contribution is 2.25. The number of anilines is 1. The maximum absolute atomic E-state index is 13.1. The second-order valence-corrected chi connectivity index (χ2v) is 7.59. The summed E-state index contributed by atoms with van der Waals surface area (Å²) >= 11 is 6.31. The van der Waals surface area contributed by atoms with Crippen LogP contribution in [0, 0.1) is 18.7 Å². The second-order valence-electron chi connectivity index (χ2n) is 7.19. The zero-order valence-corrected chi connectivity index (χ0v) is 16.2. The van der Waals surface area contributed by atoms with E-state index < -0.39 is 0 Å². The van der Waals surface area contributed by atoms with Crippen LogP contribution in [0.1, 0.15) is 49.8 Å². The molecule has 1 aromatic carbocycles. The van der Waals surface area contributed by atoms with Crippen LogP contribution in [-0.2, 0) is 11.3 Å². The summed E-state index contributed by atoms with van der Waals surface area (Å²) in [6.45, 7) is 2.02. The molecular weight excluding hydrogens is 367 g/mol. The van der Waals surface area contributed by atoms with Crippen molar-refractivity contribution in [3.8, 4) is 0 Å². The topological polar surface area (TPSA) is 51.1 Å². The first-order valence-corrected chi connectivity index (χ1v) is 9.79. The molecule has 2 aromatic rings. The molecule has 1 aromatic heterocycles. The molecule has 1 aliphatic carbocycles. The van der Waals surface area contributed by atoms with Crippen molar-refractivity contribution >= 4 is 23.2 Å². The lowest BCUT2D eigenvalue weighted by molar-refractivity contribution is -0.120. The van der Waals surface area contributed by atoms with Crippen LogP contribution in [0.25, 0.3) is 0 Å². The quantitative estimate of drug-likeness (QED) is 0.754. The predicted molar refractivity (Wildman–Crippen MR) is 106 cm³/mol. The van der Waals surface area contributed by atoms with Gasteiger partial charge in [0.1, 0.15) is 11.5 Å². The summed E-state index contributed by atoms with van der Waals surface area (Å²) in [5, 5.41) is 3.20. The number of nitrogens with zero attached hydrogens (tertiary/aromatic N) is 1. The first-order valence-electron chi connectivity index (χ1n) is 9.41. The highest BCUT2D eigenvalue weighted by atomic mass is 35.5. The van der Waals surface area contributed by atoms with Crippen molar-refractivity contribution in [1.29, 1.82) is 0 Å². The van der Waals surface area contributed by atoms with Gasteiger partial charge < -0.3 is 9.88 Å². The minimum Gasteiger partial charge on any atom is -0.321 e. The van der Waals surface area contributed by atoms with Gasteiger partial charge in [0.2, 0.25) is 5.91 Å².